The van der Waals surface area contributed by atoms with Crippen molar-refractivity contribution in [1.29, 1.82) is 0 Å². The fraction of sp³-hybridized carbons (Fsp3) is 0.615. The summed E-state index contributed by atoms with van der Waals surface area (Å²) < 4.78 is 0. The number of nitrogens with zero attached hydrogens (tertiary/aromatic N) is 2. The summed E-state index contributed by atoms with van der Waals surface area (Å²) in [5, 5.41) is 13.8. The van der Waals surface area contributed by atoms with Gasteiger partial charge in [0.1, 0.15) is 0 Å². The Morgan fingerprint density at radius 1 is 1.26 bits per heavy atom. The maximum Gasteiger partial charge on any atom is 0.304 e. The molecule has 1 fully saturated rings. The monoisotopic (exact) mass is 509 g/mol. The van der Waals surface area contributed by atoms with Crippen molar-refractivity contribution in [3.05, 3.63) is 45.5 Å². The van der Waals surface area contributed by atoms with Crippen LogP contribution in [0.1, 0.15) is 51.0 Å². The lowest BCUT2D eigenvalue weighted by molar-refractivity contribution is -0.142. The number of carbonyl (C=O) groups is 2. The molecule has 2 N–H and O–H groups in total. The topological polar surface area (TPSA) is 72.9 Å². The second kappa shape index (κ2) is 12.9. The van der Waals surface area contributed by atoms with Crippen molar-refractivity contribution in [2.45, 2.75) is 58.0 Å². The molecule has 3 rings (SSSR count). The van der Waals surface area contributed by atoms with Crippen LogP contribution in [0.15, 0.2) is 29.8 Å². The van der Waals surface area contributed by atoms with Gasteiger partial charge in [0.05, 0.1) is 12.3 Å². The van der Waals surface area contributed by atoms with E-state index in [2.05, 4.69) is 16.3 Å². The summed E-state index contributed by atoms with van der Waals surface area (Å²) in [5.74, 6) is -1.87. The molecule has 0 saturated carbocycles. The molecule has 2 aliphatic rings. The molecule has 1 aliphatic carbocycles. The van der Waals surface area contributed by atoms with Crippen LogP contribution in [0.5, 0.6) is 0 Å². The Balaban J connectivity index is 1.54. The highest BCUT2D eigenvalue weighted by Gasteiger charge is 2.32. The molecule has 0 aromatic heterocycles. The number of carboxylic acids is 1. The number of amides is 1. The molecule has 188 valence electrons. The summed E-state index contributed by atoms with van der Waals surface area (Å²) in [7, 11) is 1.93. The number of likely N-dealkylation sites (tertiary alicyclic amines) is 1. The van der Waals surface area contributed by atoms with Crippen LogP contribution in [0.3, 0.4) is 0 Å². The zero-order valence-corrected chi connectivity index (χ0v) is 21.7. The molecule has 1 aromatic rings. The van der Waals surface area contributed by atoms with E-state index in [1.807, 2.05) is 18.9 Å². The van der Waals surface area contributed by atoms with Gasteiger partial charge in [-0.25, -0.2) is 0 Å². The molecule has 8 heteroatoms. The number of carboxylic acid groups (broad SMARTS) is 1. The molecule has 1 aromatic carbocycles. The van der Waals surface area contributed by atoms with Crippen molar-refractivity contribution in [3.8, 4) is 0 Å². The molecule has 34 heavy (non-hydrogen) atoms. The molecule has 3 atom stereocenters. The molecule has 1 heterocycles. The third-order valence-electron chi connectivity index (χ3n) is 6.94. The molecule has 0 unspecified atom stereocenters. The van der Waals surface area contributed by atoms with Crippen LogP contribution in [-0.2, 0) is 16.1 Å². The number of aliphatic carboxylic acids is 1. The maximum absolute atomic E-state index is 13.2. The van der Waals surface area contributed by atoms with Gasteiger partial charge in [0.15, 0.2) is 0 Å². The third-order valence-corrected chi connectivity index (χ3v) is 7.65. The second-order valence-corrected chi connectivity index (χ2v) is 10.7. The van der Waals surface area contributed by atoms with E-state index in [9.17, 15) is 14.7 Å². The Morgan fingerprint density at radius 2 is 2.00 bits per heavy atom. The number of nitrogens with one attached hydrogen (secondary N) is 1. The van der Waals surface area contributed by atoms with Gasteiger partial charge in [-0.1, -0.05) is 47.8 Å². The predicted octanol–water partition coefficient (Wildman–Crippen LogP) is 4.84. The number of halogens is 2. The van der Waals surface area contributed by atoms with Crippen molar-refractivity contribution in [1.82, 2.24) is 15.1 Å². The number of allylic oxidation sites excluding steroid dienone is 1. The largest absolute Gasteiger partial charge is 0.481 e. The number of hydrogen-bond acceptors (Lipinski definition) is 4. The summed E-state index contributed by atoms with van der Waals surface area (Å²) in [6.45, 7) is 5.78. The molecule has 0 spiro atoms. The van der Waals surface area contributed by atoms with E-state index in [-0.39, 0.29) is 24.3 Å². The van der Waals surface area contributed by atoms with Crippen LogP contribution >= 0.6 is 23.2 Å². The van der Waals surface area contributed by atoms with Crippen LogP contribution in [0, 0.1) is 11.8 Å². The number of benzene rings is 1. The fourth-order valence-electron chi connectivity index (χ4n) is 5.11. The fourth-order valence-corrected chi connectivity index (χ4v) is 5.63. The van der Waals surface area contributed by atoms with Crippen LogP contribution in [0.25, 0.3) is 0 Å². The van der Waals surface area contributed by atoms with Crippen LogP contribution in [0.2, 0.25) is 10.0 Å². The predicted molar refractivity (Wildman–Crippen MR) is 137 cm³/mol. The first-order chi connectivity index (χ1) is 16.2. The van der Waals surface area contributed by atoms with Crippen molar-refractivity contribution >= 4 is 35.1 Å². The highest BCUT2D eigenvalue weighted by molar-refractivity contribution is 6.35. The van der Waals surface area contributed by atoms with E-state index in [0.29, 0.717) is 23.1 Å². The van der Waals surface area contributed by atoms with E-state index in [1.165, 1.54) is 31.3 Å². The molecule has 1 saturated heterocycles. The Kier molecular flexibility index (Phi) is 10.3. The summed E-state index contributed by atoms with van der Waals surface area (Å²) in [4.78, 5) is 29.1. The zero-order valence-electron chi connectivity index (χ0n) is 20.2. The Bertz CT molecular complexity index is 872. The van der Waals surface area contributed by atoms with Crippen LogP contribution < -0.4 is 5.32 Å². The second-order valence-electron chi connectivity index (χ2n) is 9.92. The number of rotatable bonds is 11. The summed E-state index contributed by atoms with van der Waals surface area (Å²) in [6, 6.07) is 5.48. The van der Waals surface area contributed by atoms with Crippen molar-refractivity contribution in [2.24, 2.45) is 11.8 Å². The van der Waals surface area contributed by atoms with Gasteiger partial charge in [0.25, 0.3) is 0 Å². The number of hydrogen-bond donors (Lipinski definition) is 2. The van der Waals surface area contributed by atoms with Gasteiger partial charge in [0.2, 0.25) is 5.91 Å². The summed E-state index contributed by atoms with van der Waals surface area (Å²) in [5.41, 5.74) is 2.34. The molecule has 1 amide bonds. The molecule has 1 aliphatic heterocycles. The zero-order chi connectivity index (χ0) is 24.7. The van der Waals surface area contributed by atoms with Crippen molar-refractivity contribution in [3.63, 3.8) is 0 Å². The molecule has 6 nitrogen and oxygen atoms in total. The van der Waals surface area contributed by atoms with Gasteiger partial charge in [-0.05, 0) is 57.2 Å². The van der Waals surface area contributed by atoms with E-state index < -0.39 is 11.9 Å². The normalized spacial score (nSPS) is 20.7. The lowest BCUT2D eigenvalue weighted by atomic mass is 9.89. The molecular weight excluding hydrogens is 473 g/mol. The van der Waals surface area contributed by atoms with E-state index in [1.54, 1.807) is 18.2 Å². The SMILES string of the molecule is C[C@@H](CN(C)Cc1c(Cl)cccc1Cl)[C@H](CC(=O)O)C(=O)N[C@H]1CCN(CC2=CCCCC2)C1. The minimum Gasteiger partial charge on any atom is -0.481 e. The summed E-state index contributed by atoms with van der Waals surface area (Å²) in [6.07, 6.45) is 7.99. The lowest BCUT2D eigenvalue weighted by Gasteiger charge is -2.28. The molecule has 0 bridgehead atoms. The molecular formula is C26H37Cl2N3O3. The van der Waals surface area contributed by atoms with Gasteiger partial charge in [-0.15, -0.1) is 0 Å². The Morgan fingerprint density at radius 3 is 2.65 bits per heavy atom. The van der Waals surface area contributed by atoms with Gasteiger partial charge in [-0.2, -0.15) is 0 Å². The van der Waals surface area contributed by atoms with E-state index in [0.717, 1.165) is 31.6 Å². The average molecular weight is 511 g/mol. The number of carbonyl (C=O) groups excluding carboxylic acids is 1. The maximum atomic E-state index is 13.2. The molecule has 0 radical (unpaired) electrons. The minimum atomic E-state index is -0.957. The van der Waals surface area contributed by atoms with Gasteiger partial charge in [0, 0.05) is 54.4 Å². The van der Waals surface area contributed by atoms with E-state index >= 15 is 0 Å². The first-order valence-corrected chi connectivity index (χ1v) is 13.0. The lowest BCUT2D eigenvalue weighted by Crippen LogP contribution is -2.44. The van der Waals surface area contributed by atoms with Crippen molar-refractivity contribution < 1.29 is 14.7 Å². The van der Waals surface area contributed by atoms with Crippen LogP contribution in [0.4, 0.5) is 0 Å². The first kappa shape index (κ1) is 27.0. The van der Waals surface area contributed by atoms with Gasteiger partial charge in [-0.3, -0.25) is 14.5 Å². The standard InChI is InChI=1S/C26H37Cl2N3O3/c1-18(14-30(2)17-22-23(27)9-6-10-24(22)28)21(13-25(32)33)26(34)29-20-11-12-31(16-20)15-19-7-4-3-5-8-19/h6-7,9-10,18,20-21H,3-5,8,11-17H2,1-2H3,(H,29,34)(H,32,33)/t18-,20-,21-/m0/s1. The highest BCUT2D eigenvalue weighted by Crippen LogP contribution is 2.27. The van der Waals surface area contributed by atoms with E-state index in [4.69, 9.17) is 23.2 Å². The highest BCUT2D eigenvalue weighted by atomic mass is 35.5. The minimum absolute atomic E-state index is 0.0693. The average Bonchev–Trinajstić information content (AvgIpc) is 3.21. The van der Waals surface area contributed by atoms with Gasteiger partial charge >= 0.3 is 5.97 Å². The Hall–Kier alpha value is -1.60. The van der Waals surface area contributed by atoms with Crippen LogP contribution in [-0.4, -0.2) is 66.1 Å². The van der Waals surface area contributed by atoms with Crippen molar-refractivity contribution in [2.75, 3.05) is 33.2 Å². The van der Waals surface area contributed by atoms with Gasteiger partial charge < -0.3 is 15.3 Å². The smallest absolute Gasteiger partial charge is 0.304 e. The first-order valence-electron chi connectivity index (χ1n) is 12.3. The summed E-state index contributed by atoms with van der Waals surface area (Å²) >= 11 is 12.6. The Labute approximate surface area is 213 Å². The third kappa shape index (κ3) is 7.98. The quantitative estimate of drug-likeness (QED) is 0.417.